The van der Waals surface area contributed by atoms with Crippen molar-refractivity contribution in [2.75, 3.05) is 21.1 Å². The third kappa shape index (κ3) is 7.24. The monoisotopic (exact) mass is 383 g/mol. The second-order valence-electron chi connectivity index (χ2n) is 8.74. The smallest absolute Gasteiger partial charge is 0.245 e. The molecule has 6 heteroatoms. The Kier molecular flexibility index (Phi) is 10.8. The van der Waals surface area contributed by atoms with Gasteiger partial charge in [0.25, 0.3) is 0 Å². The third-order valence-corrected chi connectivity index (χ3v) is 4.91. The van der Waals surface area contributed by atoms with Crippen molar-refractivity contribution in [3.63, 3.8) is 0 Å². The van der Waals surface area contributed by atoms with E-state index in [0.29, 0.717) is 6.42 Å². The molecule has 0 spiro atoms. The van der Waals surface area contributed by atoms with Gasteiger partial charge in [-0.2, -0.15) is 0 Å². The van der Waals surface area contributed by atoms with E-state index in [2.05, 4.69) is 5.32 Å². The first-order chi connectivity index (χ1) is 12.4. The van der Waals surface area contributed by atoms with Gasteiger partial charge in [0.05, 0.1) is 12.1 Å². The molecule has 0 aliphatic rings. The van der Waals surface area contributed by atoms with Crippen LogP contribution in [0.15, 0.2) is 0 Å². The molecule has 0 bridgehead atoms. The number of carbonyl (C=O) groups excluding carboxylic acids is 3. The first-order valence-electron chi connectivity index (χ1n) is 10.1. The molecule has 0 aliphatic heterocycles. The van der Waals surface area contributed by atoms with Crippen LogP contribution in [0.2, 0.25) is 0 Å². The molecule has 0 aromatic heterocycles. The molecule has 0 saturated carbocycles. The normalized spacial score (nSPS) is 15.2. The molecule has 158 valence electrons. The van der Waals surface area contributed by atoms with Crippen LogP contribution in [-0.2, 0) is 14.4 Å². The molecule has 2 amide bonds. The van der Waals surface area contributed by atoms with Gasteiger partial charge in [0.2, 0.25) is 11.8 Å². The summed E-state index contributed by atoms with van der Waals surface area (Å²) in [5, 5.41) is 2.94. The summed E-state index contributed by atoms with van der Waals surface area (Å²) >= 11 is 0. The molecular formula is C21H41N3O3. The predicted molar refractivity (Wildman–Crippen MR) is 110 cm³/mol. The fourth-order valence-electron chi connectivity index (χ4n) is 3.67. The van der Waals surface area contributed by atoms with Crippen LogP contribution < -0.4 is 5.32 Å². The van der Waals surface area contributed by atoms with Crippen LogP contribution in [0, 0.1) is 17.8 Å². The Balaban J connectivity index is 5.53. The summed E-state index contributed by atoms with van der Waals surface area (Å²) in [5.74, 6) is -0.223. The first-order valence-corrected chi connectivity index (χ1v) is 10.1. The summed E-state index contributed by atoms with van der Waals surface area (Å²) in [6, 6.07) is -1.43. The van der Waals surface area contributed by atoms with Gasteiger partial charge in [-0.1, -0.05) is 48.5 Å². The highest BCUT2D eigenvalue weighted by Crippen LogP contribution is 2.17. The SMILES string of the molecule is CCCC(=O)[C@H](C(C)C)N(C)C(=O)[C@@H](NC(=O)[C@H](C(C)C)N(C)C)C(C)C. The van der Waals surface area contributed by atoms with Gasteiger partial charge in [0.15, 0.2) is 5.78 Å². The number of rotatable bonds is 11. The summed E-state index contributed by atoms with van der Waals surface area (Å²) < 4.78 is 0. The summed E-state index contributed by atoms with van der Waals surface area (Å²) in [7, 11) is 5.40. The minimum atomic E-state index is -0.653. The average molecular weight is 384 g/mol. The van der Waals surface area contributed by atoms with Crippen molar-refractivity contribution in [1.82, 2.24) is 15.1 Å². The number of carbonyl (C=O) groups is 3. The number of nitrogens with zero attached hydrogens (tertiary/aromatic N) is 2. The van der Waals surface area contributed by atoms with Crippen LogP contribution in [0.25, 0.3) is 0 Å². The molecule has 0 radical (unpaired) electrons. The predicted octanol–water partition coefficient (Wildman–Crippen LogP) is 2.57. The lowest BCUT2D eigenvalue weighted by Crippen LogP contribution is -2.58. The van der Waals surface area contributed by atoms with E-state index in [-0.39, 0.29) is 41.4 Å². The molecule has 0 heterocycles. The molecule has 1 N–H and O–H groups in total. The molecule has 0 aromatic rings. The zero-order valence-electron chi connectivity index (χ0n) is 19.0. The Morgan fingerprint density at radius 1 is 0.815 bits per heavy atom. The molecule has 0 aromatic carbocycles. The van der Waals surface area contributed by atoms with Gasteiger partial charge in [-0.05, 0) is 38.3 Å². The van der Waals surface area contributed by atoms with Crippen molar-refractivity contribution in [3.8, 4) is 0 Å². The fourth-order valence-corrected chi connectivity index (χ4v) is 3.67. The van der Waals surface area contributed by atoms with Crippen LogP contribution in [0.1, 0.15) is 61.3 Å². The molecular weight excluding hydrogens is 342 g/mol. The van der Waals surface area contributed by atoms with E-state index in [4.69, 9.17) is 0 Å². The van der Waals surface area contributed by atoms with E-state index in [1.54, 1.807) is 7.05 Å². The quantitative estimate of drug-likeness (QED) is 0.595. The van der Waals surface area contributed by atoms with Crippen molar-refractivity contribution in [2.45, 2.75) is 79.4 Å². The van der Waals surface area contributed by atoms with E-state index in [9.17, 15) is 14.4 Å². The highest BCUT2D eigenvalue weighted by atomic mass is 16.2. The molecule has 0 fully saturated rings. The van der Waals surface area contributed by atoms with Crippen molar-refractivity contribution in [3.05, 3.63) is 0 Å². The number of ketones is 1. The van der Waals surface area contributed by atoms with Gasteiger partial charge in [-0.15, -0.1) is 0 Å². The topological polar surface area (TPSA) is 69.7 Å². The molecule has 0 aliphatic carbocycles. The van der Waals surface area contributed by atoms with Gasteiger partial charge in [0, 0.05) is 13.5 Å². The maximum Gasteiger partial charge on any atom is 0.245 e. The Bertz CT molecular complexity index is 493. The Morgan fingerprint density at radius 3 is 1.63 bits per heavy atom. The maximum atomic E-state index is 13.2. The van der Waals surface area contributed by atoms with Crippen molar-refractivity contribution >= 4 is 17.6 Å². The number of hydrogen-bond donors (Lipinski definition) is 1. The van der Waals surface area contributed by atoms with Crippen LogP contribution in [0.4, 0.5) is 0 Å². The maximum absolute atomic E-state index is 13.2. The van der Waals surface area contributed by atoms with Crippen molar-refractivity contribution < 1.29 is 14.4 Å². The first kappa shape index (κ1) is 25.6. The van der Waals surface area contributed by atoms with Gasteiger partial charge < -0.3 is 10.2 Å². The minimum absolute atomic E-state index is 0.0201. The highest BCUT2D eigenvalue weighted by Gasteiger charge is 2.36. The average Bonchev–Trinajstić information content (AvgIpc) is 2.50. The molecule has 0 unspecified atom stereocenters. The Morgan fingerprint density at radius 2 is 1.30 bits per heavy atom. The number of hydrogen-bond acceptors (Lipinski definition) is 4. The van der Waals surface area contributed by atoms with Crippen LogP contribution >= 0.6 is 0 Å². The summed E-state index contributed by atoms with van der Waals surface area (Å²) in [6.07, 6.45) is 1.21. The molecule has 3 atom stereocenters. The summed E-state index contributed by atoms with van der Waals surface area (Å²) in [5.41, 5.74) is 0. The number of likely N-dealkylation sites (N-methyl/N-ethyl adjacent to an activating group) is 2. The largest absolute Gasteiger partial charge is 0.343 e. The van der Waals surface area contributed by atoms with Gasteiger partial charge in [0.1, 0.15) is 6.04 Å². The van der Waals surface area contributed by atoms with E-state index in [1.807, 2.05) is 67.5 Å². The molecule has 27 heavy (non-hydrogen) atoms. The summed E-state index contributed by atoms with van der Waals surface area (Å²) in [4.78, 5) is 41.9. The van der Waals surface area contributed by atoms with Crippen molar-refractivity contribution in [1.29, 1.82) is 0 Å². The fraction of sp³-hybridized carbons (Fsp3) is 0.857. The molecule has 0 rings (SSSR count). The van der Waals surface area contributed by atoms with Crippen molar-refractivity contribution in [2.24, 2.45) is 17.8 Å². The van der Waals surface area contributed by atoms with Gasteiger partial charge >= 0.3 is 0 Å². The standard InChI is InChI=1S/C21H41N3O3/c1-11-12-16(25)18(14(4)5)24(10)21(27)17(13(2)3)22-20(26)19(15(6)7)23(8)9/h13-15,17-19H,11-12H2,1-10H3,(H,22,26)/t17-,18-,19-/m0/s1. The van der Waals surface area contributed by atoms with Crippen LogP contribution in [-0.4, -0.2) is 66.7 Å². The van der Waals surface area contributed by atoms with E-state index < -0.39 is 12.1 Å². The van der Waals surface area contributed by atoms with Gasteiger partial charge in [-0.3, -0.25) is 19.3 Å². The second-order valence-corrected chi connectivity index (χ2v) is 8.74. The third-order valence-electron chi connectivity index (χ3n) is 4.91. The van der Waals surface area contributed by atoms with Crippen LogP contribution in [0.5, 0.6) is 0 Å². The Hall–Kier alpha value is -1.43. The lowest BCUT2D eigenvalue weighted by Gasteiger charge is -2.35. The number of nitrogens with one attached hydrogen (secondary N) is 1. The molecule has 0 saturated heterocycles. The summed E-state index contributed by atoms with van der Waals surface area (Å²) in [6.45, 7) is 13.7. The van der Waals surface area contributed by atoms with Crippen LogP contribution in [0.3, 0.4) is 0 Å². The lowest BCUT2D eigenvalue weighted by atomic mass is 9.93. The zero-order valence-corrected chi connectivity index (χ0v) is 19.0. The Labute approximate surface area is 166 Å². The van der Waals surface area contributed by atoms with E-state index in [0.717, 1.165) is 6.42 Å². The lowest BCUT2D eigenvalue weighted by molar-refractivity contribution is -0.144. The minimum Gasteiger partial charge on any atom is -0.343 e. The number of Topliss-reactive ketones (excluding diaryl/α,β-unsaturated/α-hetero) is 1. The van der Waals surface area contributed by atoms with E-state index >= 15 is 0 Å². The molecule has 6 nitrogen and oxygen atoms in total. The van der Waals surface area contributed by atoms with Gasteiger partial charge in [-0.25, -0.2) is 0 Å². The van der Waals surface area contributed by atoms with E-state index in [1.165, 1.54) is 4.90 Å². The zero-order chi connectivity index (χ0) is 21.5. The second kappa shape index (κ2) is 11.4. The highest BCUT2D eigenvalue weighted by molar-refractivity contribution is 5.93. The number of amides is 2.